The molecule has 0 aliphatic carbocycles. The van der Waals surface area contributed by atoms with Crippen LogP contribution in [0, 0.1) is 5.41 Å². The fourth-order valence-corrected chi connectivity index (χ4v) is 2.80. The van der Waals surface area contributed by atoms with Gasteiger partial charge in [0.1, 0.15) is 0 Å². The zero-order valence-corrected chi connectivity index (χ0v) is 15.6. The number of guanidine groups is 1. The van der Waals surface area contributed by atoms with E-state index in [1.54, 1.807) is 0 Å². The number of pyridine rings is 1. The Bertz CT molecular complexity index is 663. The number of rotatable bonds is 2. The van der Waals surface area contributed by atoms with Crippen LogP contribution >= 0.6 is 24.0 Å². The lowest BCUT2D eigenvalue weighted by Crippen LogP contribution is -2.40. The lowest BCUT2D eigenvalue weighted by atomic mass is 9.93. The normalized spacial score (nSPS) is 17.6. The van der Waals surface area contributed by atoms with E-state index in [4.69, 9.17) is 0 Å². The molecule has 7 heteroatoms. The van der Waals surface area contributed by atoms with Gasteiger partial charge in [-0.25, -0.2) is 0 Å². The molecule has 120 valence electrons. The topological polar surface area (TPSA) is 57.8 Å². The molecule has 22 heavy (non-hydrogen) atoms. The van der Waals surface area contributed by atoms with Crippen molar-refractivity contribution in [3.8, 4) is 0 Å². The second-order valence-electron chi connectivity index (χ2n) is 6.28. The Balaban J connectivity index is 0.00000176. The molecular weight excluding hydrogens is 391 g/mol. The molecule has 3 rings (SSSR count). The maximum atomic E-state index is 4.39. The number of halogens is 1. The van der Waals surface area contributed by atoms with Crippen molar-refractivity contribution >= 4 is 35.6 Å². The van der Waals surface area contributed by atoms with E-state index >= 15 is 0 Å². The van der Waals surface area contributed by atoms with Crippen molar-refractivity contribution in [3.05, 3.63) is 30.2 Å². The fraction of sp³-hybridized carbons (Fsp3) is 0.533. The molecule has 0 saturated carbocycles. The van der Waals surface area contributed by atoms with Crippen molar-refractivity contribution in [2.24, 2.45) is 10.4 Å². The van der Waals surface area contributed by atoms with Crippen LogP contribution in [0.2, 0.25) is 0 Å². The molecule has 0 aromatic carbocycles. The maximum Gasteiger partial charge on any atom is 0.194 e. The second-order valence-corrected chi connectivity index (χ2v) is 6.28. The van der Waals surface area contributed by atoms with Crippen LogP contribution in [0.3, 0.4) is 0 Å². The van der Waals surface area contributed by atoms with Crippen LogP contribution in [-0.4, -0.2) is 45.6 Å². The first-order valence-electron chi connectivity index (χ1n) is 7.33. The molecule has 0 radical (unpaired) electrons. The summed E-state index contributed by atoms with van der Waals surface area (Å²) in [7, 11) is 1.83. The first kappa shape index (κ1) is 17.0. The Labute approximate surface area is 148 Å². The van der Waals surface area contributed by atoms with Crippen LogP contribution in [0.15, 0.2) is 29.4 Å². The van der Waals surface area contributed by atoms with Crippen molar-refractivity contribution in [3.63, 3.8) is 0 Å². The smallest absolute Gasteiger partial charge is 0.194 e. The highest BCUT2D eigenvalue weighted by Crippen LogP contribution is 2.28. The third-order valence-electron chi connectivity index (χ3n) is 3.98. The highest BCUT2D eigenvalue weighted by molar-refractivity contribution is 14.0. The average Bonchev–Trinajstić information content (AvgIpc) is 3.04. The van der Waals surface area contributed by atoms with Gasteiger partial charge < -0.3 is 10.2 Å². The maximum absolute atomic E-state index is 4.39. The van der Waals surface area contributed by atoms with Gasteiger partial charge >= 0.3 is 0 Å². The van der Waals surface area contributed by atoms with Gasteiger partial charge in [0.25, 0.3) is 0 Å². The van der Waals surface area contributed by atoms with Gasteiger partial charge in [0.2, 0.25) is 0 Å². The summed E-state index contributed by atoms with van der Waals surface area (Å²) < 4.78 is 1.99. The lowest BCUT2D eigenvalue weighted by molar-refractivity contribution is 0.370. The third kappa shape index (κ3) is 3.50. The molecule has 2 aromatic rings. The molecule has 1 N–H and O–H groups in total. The number of aliphatic imine (C=N–C) groups is 1. The van der Waals surface area contributed by atoms with Crippen LogP contribution in [0.4, 0.5) is 0 Å². The quantitative estimate of drug-likeness (QED) is 0.465. The molecule has 0 atom stereocenters. The molecule has 3 heterocycles. The highest BCUT2D eigenvalue weighted by Gasteiger charge is 2.30. The Kier molecular flexibility index (Phi) is 5.25. The molecule has 0 unspecified atom stereocenters. The standard InChI is InChI=1S/C15H22N6.HI/c1-15(2)7-9-20(11-15)14(16-3)17-10-13-19-18-12-6-4-5-8-21(12)13;/h4-6,8H,7,9-11H2,1-3H3,(H,16,17);1H. The summed E-state index contributed by atoms with van der Waals surface area (Å²) in [5.41, 5.74) is 1.23. The summed E-state index contributed by atoms with van der Waals surface area (Å²) in [6, 6.07) is 5.90. The van der Waals surface area contributed by atoms with Crippen LogP contribution < -0.4 is 5.32 Å². The molecular formula is C15H23IN6. The van der Waals surface area contributed by atoms with E-state index in [1.165, 1.54) is 6.42 Å². The van der Waals surface area contributed by atoms with Gasteiger partial charge in [0.15, 0.2) is 17.4 Å². The number of nitrogens with one attached hydrogen (secondary N) is 1. The molecule has 1 aliphatic heterocycles. The van der Waals surface area contributed by atoms with Gasteiger partial charge in [-0.3, -0.25) is 9.39 Å². The molecule has 0 bridgehead atoms. The predicted molar refractivity (Wildman–Crippen MR) is 98.6 cm³/mol. The summed E-state index contributed by atoms with van der Waals surface area (Å²) >= 11 is 0. The van der Waals surface area contributed by atoms with Crippen LogP contribution in [0.1, 0.15) is 26.1 Å². The van der Waals surface area contributed by atoms with Crippen molar-refractivity contribution in [2.45, 2.75) is 26.8 Å². The van der Waals surface area contributed by atoms with E-state index in [2.05, 4.69) is 39.3 Å². The number of fused-ring (bicyclic) bond motifs is 1. The van der Waals surface area contributed by atoms with Crippen LogP contribution in [0.25, 0.3) is 5.65 Å². The second kappa shape index (κ2) is 6.80. The molecule has 2 aromatic heterocycles. The molecule has 1 saturated heterocycles. The van der Waals surface area contributed by atoms with E-state index < -0.39 is 0 Å². The minimum Gasteiger partial charge on any atom is -0.349 e. The molecule has 0 spiro atoms. The Hall–Kier alpha value is -1.38. The third-order valence-corrected chi connectivity index (χ3v) is 3.98. The average molecular weight is 414 g/mol. The van der Waals surface area contributed by atoms with Gasteiger partial charge in [-0.1, -0.05) is 19.9 Å². The first-order chi connectivity index (χ1) is 10.1. The zero-order valence-electron chi connectivity index (χ0n) is 13.3. The fourth-order valence-electron chi connectivity index (χ4n) is 2.80. The van der Waals surface area contributed by atoms with Crippen molar-refractivity contribution in [1.82, 2.24) is 24.8 Å². The first-order valence-corrected chi connectivity index (χ1v) is 7.33. The zero-order chi connectivity index (χ0) is 14.9. The van der Waals surface area contributed by atoms with Gasteiger partial charge in [-0.2, -0.15) is 0 Å². The minimum atomic E-state index is 0. The van der Waals surface area contributed by atoms with Crippen molar-refractivity contribution in [1.29, 1.82) is 0 Å². The summed E-state index contributed by atoms with van der Waals surface area (Å²) in [6.45, 7) is 7.30. The van der Waals surface area contributed by atoms with E-state index in [-0.39, 0.29) is 24.0 Å². The number of hydrogen-bond acceptors (Lipinski definition) is 3. The number of hydrogen-bond donors (Lipinski definition) is 1. The summed E-state index contributed by atoms with van der Waals surface area (Å²) in [6.07, 6.45) is 3.18. The Morgan fingerprint density at radius 3 is 2.86 bits per heavy atom. The van der Waals surface area contributed by atoms with Crippen LogP contribution in [0.5, 0.6) is 0 Å². The summed E-state index contributed by atoms with van der Waals surface area (Å²) in [5.74, 6) is 1.83. The van der Waals surface area contributed by atoms with E-state index in [0.717, 1.165) is 30.5 Å². The largest absolute Gasteiger partial charge is 0.349 e. The van der Waals surface area contributed by atoms with E-state index in [1.807, 2.05) is 35.8 Å². The molecule has 0 amide bonds. The Morgan fingerprint density at radius 2 is 2.18 bits per heavy atom. The summed E-state index contributed by atoms with van der Waals surface area (Å²) in [5, 5.41) is 11.8. The molecule has 1 fully saturated rings. The molecule has 6 nitrogen and oxygen atoms in total. The number of aromatic nitrogens is 3. The van der Waals surface area contributed by atoms with Gasteiger partial charge in [0, 0.05) is 26.3 Å². The SMILES string of the molecule is CN=C(NCc1nnc2ccccn12)N1CCC(C)(C)C1.I. The van der Waals surface area contributed by atoms with Crippen LogP contribution in [-0.2, 0) is 6.54 Å². The van der Waals surface area contributed by atoms with Gasteiger partial charge in [-0.15, -0.1) is 34.2 Å². The van der Waals surface area contributed by atoms with Gasteiger partial charge in [-0.05, 0) is 24.0 Å². The minimum absolute atomic E-state index is 0. The lowest BCUT2D eigenvalue weighted by Gasteiger charge is -2.23. The van der Waals surface area contributed by atoms with Gasteiger partial charge in [0.05, 0.1) is 6.54 Å². The monoisotopic (exact) mass is 414 g/mol. The van der Waals surface area contributed by atoms with E-state index in [0.29, 0.717) is 12.0 Å². The number of nitrogens with zero attached hydrogens (tertiary/aromatic N) is 5. The number of likely N-dealkylation sites (tertiary alicyclic amines) is 1. The predicted octanol–water partition coefficient (Wildman–Crippen LogP) is 2.15. The molecule has 1 aliphatic rings. The Morgan fingerprint density at radius 1 is 1.36 bits per heavy atom. The van der Waals surface area contributed by atoms with Crippen molar-refractivity contribution < 1.29 is 0 Å². The van der Waals surface area contributed by atoms with E-state index in [9.17, 15) is 0 Å². The van der Waals surface area contributed by atoms with Crippen molar-refractivity contribution in [2.75, 3.05) is 20.1 Å². The summed E-state index contributed by atoms with van der Waals surface area (Å²) in [4.78, 5) is 6.70. The highest BCUT2D eigenvalue weighted by atomic mass is 127.